The van der Waals surface area contributed by atoms with Gasteiger partial charge in [0.2, 0.25) is 0 Å². The maximum absolute atomic E-state index is 13.8. The van der Waals surface area contributed by atoms with Gasteiger partial charge in [-0.3, -0.25) is 4.79 Å². The largest absolute Gasteiger partial charge is 0.399 e. The van der Waals surface area contributed by atoms with E-state index in [-0.39, 0.29) is 24.0 Å². The molecule has 0 atom stereocenters. The highest BCUT2D eigenvalue weighted by molar-refractivity contribution is 5.96. The summed E-state index contributed by atoms with van der Waals surface area (Å²) in [4.78, 5) is 13.5. The Hall–Kier alpha value is -1.62. The smallest absolute Gasteiger partial charge is 0.256 e. The number of carbonyl (C=O) groups is 1. The van der Waals surface area contributed by atoms with Crippen molar-refractivity contribution in [2.24, 2.45) is 5.92 Å². The lowest BCUT2D eigenvalue weighted by Gasteiger charge is -2.38. The van der Waals surface area contributed by atoms with E-state index in [0.717, 1.165) is 0 Å². The summed E-state index contributed by atoms with van der Waals surface area (Å²) in [7, 11) is 0. The molecule has 17 heavy (non-hydrogen) atoms. The standard InChI is InChI=1S/C12H15FN2O2/c1-7-2-9(14)3-10(11(7)13)12(17)15-4-8(5-15)6-16/h2-3,8,16H,4-6,14H2,1H3. The van der Waals surface area contributed by atoms with Crippen LogP contribution in [0.5, 0.6) is 0 Å². The number of halogens is 1. The van der Waals surface area contributed by atoms with Crippen LogP contribution in [0.15, 0.2) is 12.1 Å². The Morgan fingerprint density at radius 1 is 1.59 bits per heavy atom. The highest BCUT2D eigenvalue weighted by Crippen LogP contribution is 2.23. The van der Waals surface area contributed by atoms with Crippen LogP contribution in [0.2, 0.25) is 0 Å². The summed E-state index contributed by atoms with van der Waals surface area (Å²) in [5.41, 5.74) is 6.36. The third-order valence-corrected chi connectivity index (χ3v) is 3.01. The Morgan fingerprint density at radius 2 is 2.24 bits per heavy atom. The summed E-state index contributed by atoms with van der Waals surface area (Å²) in [5, 5.41) is 8.87. The number of aliphatic hydroxyl groups is 1. The SMILES string of the molecule is Cc1cc(N)cc(C(=O)N2CC(CO)C2)c1F. The number of likely N-dealkylation sites (tertiary alicyclic amines) is 1. The zero-order valence-corrected chi connectivity index (χ0v) is 9.61. The van der Waals surface area contributed by atoms with Gasteiger partial charge in [-0.05, 0) is 24.6 Å². The predicted octanol–water partition coefficient (Wildman–Crippen LogP) is 0.781. The molecule has 0 radical (unpaired) electrons. The number of aryl methyl sites for hydroxylation is 1. The fourth-order valence-electron chi connectivity index (χ4n) is 1.97. The van der Waals surface area contributed by atoms with E-state index in [1.807, 2.05) is 0 Å². The monoisotopic (exact) mass is 238 g/mol. The van der Waals surface area contributed by atoms with Crippen LogP contribution in [-0.2, 0) is 0 Å². The van der Waals surface area contributed by atoms with Gasteiger partial charge in [0, 0.05) is 31.3 Å². The minimum absolute atomic E-state index is 0.0129. The van der Waals surface area contributed by atoms with E-state index in [1.54, 1.807) is 6.92 Å². The molecule has 0 aliphatic carbocycles. The summed E-state index contributed by atoms with van der Waals surface area (Å²) < 4.78 is 13.8. The Bertz CT molecular complexity index is 456. The van der Waals surface area contributed by atoms with Gasteiger partial charge in [-0.15, -0.1) is 0 Å². The Balaban J connectivity index is 2.20. The average molecular weight is 238 g/mol. The Morgan fingerprint density at radius 3 is 2.82 bits per heavy atom. The molecule has 0 spiro atoms. The van der Waals surface area contributed by atoms with Crippen molar-refractivity contribution in [3.05, 3.63) is 29.1 Å². The maximum atomic E-state index is 13.8. The highest BCUT2D eigenvalue weighted by Gasteiger charge is 2.32. The molecule has 1 aliphatic rings. The number of rotatable bonds is 2. The second-order valence-electron chi connectivity index (χ2n) is 4.46. The van der Waals surface area contributed by atoms with Crippen LogP contribution < -0.4 is 5.73 Å². The molecule has 1 aromatic rings. The second kappa shape index (κ2) is 4.33. The number of aliphatic hydroxyl groups excluding tert-OH is 1. The van der Waals surface area contributed by atoms with Crippen LogP contribution in [0.4, 0.5) is 10.1 Å². The van der Waals surface area contributed by atoms with E-state index in [4.69, 9.17) is 10.8 Å². The second-order valence-corrected chi connectivity index (χ2v) is 4.46. The van der Waals surface area contributed by atoms with Crippen LogP contribution in [0.1, 0.15) is 15.9 Å². The van der Waals surface area contributed by atoms with E-state index < -0.39 is 5.82 Å². The lowest BCUT2D eigenvalue weighted by atomic mass is 9.99. The van der Waals surface area contributed by atoms with E-state index in [9.17, 15) is 9.18 Å². The minimum Gasteiger partial charge on any atom is -0.399 e. The number of amides is 1. The molecule has 1 fully saturated rings. The first-order valence-electron chi connectivity index (χ1n) is 5.48. The van der Waals surface area contributed by atoms with Crippen LogP contribution >= 0.6 is 0 Å². The number of anilines is 1. The number of nitrogens with zero attached hydrogens (tertiary/aromatic N) is 1. The van der Waals surface area contributed by atoms with Gasteiger partial charge < -0.3 is 15.7 Å². The van der Waals surface area contributed by atoms with Crippen molar-refractivity contribution >= 4 is 11.6 Å². The molecule has 0 unspecified atom stereocenters. The molecule has 4 nitrogen and oxygen atoms in total. The fourth-order valence-corrected chi connectivity index (χ4v) is 1.97. The number of nitrogen functional groups attached to an aromatic ring is 1. The van der Waals surface area contributed by atoms with E-state index in [1.165, 1.54) is 17.0 Å². The van der Waals surface area contributed by atoms with Gasteiger partial charge in [0.25, 0.3) is 5.91 Å². The van der Waals surface area contributed by atoms with Crippen molar-refractivity contribution < 1.29 is 14.3 Å². The van der Waals surface area contributed by atoms with Crippen molar-refractivity contribution in [2.45, 2.75) is 6.92 Å². The molecule has 3 N–H and O–H groups in total. The van der Waals surface area contributed by atoms with Gasteiger partial charge in [0.05, 0.1) is 5.56 Å². The zero-order chi connectivity index (χ0) is 12.6. The molecule has 1 heterocycles. The number of benzene rings is 1. The average Bonchev–Trinajstić information content (AvgIpc) is 2.21. The van der Waals surface area contributed by atoms with Crippen LogP contribution in [0.25, 0.3) is 0 Å². The first kappa shape index (κ1) is 11.9. The number of hydrogen-bond donors (Lipinski definition) is 2. The summed E-state index contributed by atoms with van der Waals surface area (Å²) in [6.45, 7) is 2.59. The number of nitrogens with two attached hydrogens (primary N) is 1. The van der Waals surface area contributed by atoms with Gasteiger partial charge in [-0.25, -0.2) is 4.39 Å². The first-order valence-corrected chi connectivity index (χ1v) is 5.48. The van der Waals surface area contributed by atoms with Gasteiger partial charge >= 0.3 is 0 Å². The molecule has 1 aromatic carbocycles. The summed E-state index contributed by atoms with van der Waals surface area (Å²) in [6.07, 6.45) is 0. The zero-order valence-electron chi connectivity index (χ0n) is 9.61. The molecule has 1 amide bonds. The van der Waals surface area contributed by atoms with Gasteiger partial charge in [-0.1, -0.05) is 0 Å². The molecular weight excluding hydrogens is 223 g/mol. The van der Waals surface area contributed by atoms with Crippen LogP contribution in [0, 0.1) is 18.7 Å². The van der Waals surface area contributed by atoms with E-state index >= 15 is 0 Å². The lowest BCUT2D eigenvalue weighted by molar-refractivity contribution is 0.0358. The van der Waals surface area contributed by atoms with E-state index in [0.29, 0.717) is 24.3 Å². The molecule has 0 saturated carbocycles. The van der Waals surface area contributed by atoms with Crippen molar-refractivity contribution in [3.8, 4) is 0 Å². The van der Waals surface area contributed by atoms with Crippen molar-refractivity contribution in [1.82, 2.24) is 4.90 Å². The van der Waals surface area contributed by atoms with Gasteiger partial charge in [0.1, 0.15) is 5.82 Å². The van der Waals surface area contributed by atoms with Gasteiger partial charge in [-0.2, -0.15) is 0 Å². The lowest BCUT2D eigenvalue weighted by Crippen LogP contribution is -2.51. The van der Waals surface area contributed by atoms with Crippen molar-refractivity contribution in [1.29, 1.82) is 0 Å². The molecular formula is C12H15FN2O2. The molecule has 92 valence electrons. The maximum Gasteiger partial charge on any atom is 0.256 e. The minimum atomic E-state index is -0.517. The summed E-state index contributed by atoms with van der Waals surface area (Å²) in [6, 6.07) is 2.86. The van der Waals surface area contributed by atoms with Gasteiger partial charge in [0.15, 0.2) is 0 Å². The third kappa shape index (κ3) is 2.10. The predicted molar refractivity (Wildman–Crippen MR) is 62.0 cm³/mol. The molecule has 0 bridgehead atoms. The normalized spacial score (nSPS) is 15.8. The Labute approximate surface area is 98.8 Å². The third-order valence-electron chi connectivity index (χ3n) is 3.01. The molecule has 0 aromatic heterocycles. The summed E-state index contributed by atoms with van der Waals surface area (Å²) in [5.74, 6) is -0.761. The fraction of sp³-hybridized carbons (Fsp3) is 0.417. The van der Waals surface area contributed by atoms with E-state index in [2.05, 4.69) is 0 Å². The van der Waals surface area contributed by atoms with Crippen LogP contribution in [0.3, 0.4) is 0 Å². The molecule has 1 aliphatic heterocycles. The number of hydrogen-bond acceptors (Lipinski definition) is 3. The van der Waals surface area contributed by atoms with Crippen molar-refractivity contribution in [2.75, 3.05) is 25.4 Å². The molecule has 2 rings (SSSR count). The highest BCUT2D eigenvalue weighted by atomic mass is 19.1. The summed E-state index contributed by atoms with van der Waals surface area (Å²) >= 11 is 0. The van der Waals surface area contributed by atoms with Crippen molar-refractivity contribution in [3.63, 3.8) is 0 Å². The topological polar surface area (TPSA) is 66.6 Å². The molecule has 1 saturated heterocycles. The first-order chi connectivity index (χ1) is 8.02. The number of carbonyl (C=O) groups excluding carboxylic acids is 1. The Kier molecular flexibility index (Phi) is 3.02. The quantitative estimate of drug-likeness (QED) is 0.748. The van der Waals surface area contributed by atoms with Crippen LogP contribution in [-0.4, -0.2) is 35.6 Å². The molecule has 5 heteroatoms.